The van der Waals surface area contributed by atoms with Crippen LogP contribution in [0.15, 0.2) is 66.7 Å². The highest BCUT2D eigenvalue weighted by Gasteiger charge is 2.67. The van der Waals surface area contributed by atoms with Crippen molar-refractivity contribution in [2.45, 2.75) is 24.8 Å². The lowest BCUT2D eigenvalue weighted by molar-refractivity contribution is -0.143. The maximum absolute atomic E-state index is 13.5. The van der Waals surface area contributed by atoms with Crippen LogP contribution in [0.5, 0.6) is 5.75 Å². The molecule has 4 aliphatic rings. The monoisotopic (exact) mass is 416 g/mol. The first-order valence-electron chi connectivity index (χ1n) is 10.8. The summed E-state index contributed by atoms with van der Waals surface area (Å²) in [5.74, 6) is -0.0970. The lowest BCUT2D eigenvalue weighted by Gasteiger charge is -2.27. The third-order valence-electron chi connectivity index (χ3n) is 6.99. The molecule has 4 heterocycles. The van der Waals surface area contributed by atoms with Crippen molar-refractivity contribution in [2.75, 3.05) is 19.7 Å². The summed E-state index contributed by atoms with van der Waals surface area (Å²) in [5.41, 5.74) is 1.69. The molecule has 1 spiro atoms. The summed E-state index contributed by atoms with van der Waals surface area (Å²) in [5, 5.41) is 0. The Hall–Kier alpha value is -3.12. The van der Waals surface area contributed by atoms with E-state index in [1.54, 1.807) is 4.90 Å². The molecule has 31 heavy (non-hydrogen) atoms. The molecule has 158 valence electrons. The Morgan fingerprint density at radius 2 is 1.77 bits per heavy atom. The molecule has 2 saturated heterocycles. The molecule has 4 aliphatic heterocycles. The molecular weight excluding hydrogens is 392 g/mol. The van der Waals surface area contributed by atoms with E-state index in [1.807, 2.05) is 59.5 Å². The van der Waals surface area contributed by atoms with Gasteiger partial charge in [-0.3, -0.25) is 9.59 Å². The summed E-state index contributed by atoms with van der Waals surface area (Å²) in [7, 11) is 0. The Kier molecular flexibility index (Phi) is 4.18. The van der Waals surface area contributed by atoms with E-state index in [0.717, 1.165) is 5.75 Å². The van der Waals surface area contributed by atoms with Gasteiger partial charge in [0.1, 0.15) is 18.0 Å². The van der Waals surface area contributed by atoms with Crippen LogP contribution in [0.1, 0.15) is 11.1 Å². The Morgan fingerprint density at radius 1 is 1.06 bits per heavy atom. The third kappa shape index (κ3) is 2.89. The van der Waals surface area contributed by atoms with E-state index in [0.29, 0.717) is 32.8 Å². The highest BCUT2D eigenvalue weighted by Crippen LogP contribution is 2.52. The Labute approximate surface area is 181 Å². The Bertz CT molecular complexity index is 1040. The quantitative estimate of drug-likeness (QED) is 0.703. The third-order valence-corrected chi connectivity index (χ3v) is 6.99. The number of para-hydroxylation sites is 1. The van der Waals surface area contributed by atoms with Crippen molar-refractivity contribution in [2.24, 2.45) is 11.8 Å². The van der Waals surface area contributed by atoms with Gasteiger partial charge in [-0.15, -0.1) is 0 Å². The van der Waals surface area contributed by atoms with Gasteiger partial charge in [0.25, 0.3) is 0 Å². The number of ether oxygens (including phenoxy) is 2. The summed E-state index contributed by atoms with van der Waals surface area (Å²) in [4.78, 5) is 30.5. The van der Waals surface area contributed by atoms with Crippen LogP contribution in [0.25, 0.3) is 0 Å². The highest BCUT2D eigenvalue weighted by molar-refractivity contribution is 5.93. The van der Waals surface area contributed by atoms with Gasteiger partial charge in [0.2, 0.25) is 11.8 Å². The number of likely N-dealkylation sites (tertiary alicyclic amines) is 1. The van der Waals surface area contributed by atoms with Gasteiger partial charge in [-0.1, -0.05) is 54.6 Å². The standard InChI is InChI=1S/C25H24N2O4/c28-23(27-14-17-6-4-5-7-18(17)15-27)21-20-10-11-25(31-20)16-26(24(29)22(21)25)12-13-30-19-8-2-1-3-9-19/h1-11,20-22H,12-16H2/t20-,21+,22+,25-/m0/s1. The minimum absolute atomic E-state index is 0.00132. The zero-order chi connectivity index (χ0) is 21.0. The second-order valence-electron chi connectivity index (χ2n) is 8.78. The van der Waals surface area contributed by atoms with Crippen molar-refractivity contribution < 1.29 is 19.1 Å². The number of carbonyl (C=O) groups excluding carboxylic acids is 2. The van der Waals surface area contributed by atoms with Crippen LogP contribution >= 0.6 is 0 Å². The molecule has 4 atom stereocenters. The maximum Gasteiger partial charge on any atom is 0.230 e. The van der Waals surface area contributed by atoms with Gasteiger partial charge in [-0.2, -0.15) is 0 Å². The van der Waals surface area contributed by atoms with Crippen LogP contribution in [-0.2, 0) is 27.4 Å². The molecule has 6 heteroatoms. The molecule has 6 nitrogen and oxygen atoms in total. The van der Waals surface area contributed by atoms with Crippen molar-refractivity contribution >= 4 is 11.8 Å². The fraction of sp³-hybridized carbons (Fsp3) is 0.360. The Balaban J connectivity index is 1.17. The molecule has 0 N–H and O–H groups in total. The van der Waals surface area contributed by atoms with Gasteiger partial charge in [0.05, 0.1) is 31.0 Å². The summed E-state index contributed by atoms with van der Waals surface area (Å²) in [6.45, 7) is 2.57. The molecule has 6 rings (SSSR count). The lowest BCUT2D eigenvalue weighted by Crippen LogP contribution is -2.44. The summed E-state index contributed by atoms with van der Waals surface area (Å²) in [6.07, 6.45) is 3.66. The molecule has 0 radical (unpaired) electrons. The van der Waals surface area contributed by atoms with Crippen molar-refractivity contribution in [3.05, 3.63) is 77.9 Å². The number of rotatable bonds is 5. The zero-order valence-electron chi connectivity index (χ0n) is 17.1. The van der Waals surface area contributed by atoms with Crippen LogP contribution < -0.4 is 4.74 Å². The molecule has 2 aromatic rings. The largest absolute Gasteiger partial charge is 0.492 e. The molecule has 0 unspecified atom stereocenters. The number of hydrogen-bond acceptors (Lipinski definition) is 4. The van der Waals surface area contributed by atoms with Crippen LogP contribution in [-0.4, -0.2) is 53.0 Å². The smallest absolute Gasteiger partial charge is 0.230 e. The normalized spacial score (nSPS) is 30.1. The summed E-state index contributed by atoms with van der Waals surface area (Å²) in [6, 6.07) is 17.7. The first kappa shape index (κ1) is 18.6. The number of nitrogens with zero attached hydrogens (tertiary/aromatic N) is 2. The number of amides is 2. The number of benzene rings is 2. The van der Waals surface area contributed by atoms with E-state index in [-0.39, 0.29) is 17.9 Å². The second kappa shape index (κ2) is 6.95. The molecule has 2 fully saturated rings. The number of fused-ring (bicyclic) bond motifs is 2. The molecule has 2 aromatic carbocycles. The van der Waals surface area contributed by atoms with E-state index in [2.05, 4.69) is 12.1 Å². The van der Waals surface area contributed by atoms with Gasteiger partial charge in [0, 0.05) is 13.1 Å². The van der Waals surface area contributed by atoms with E-state index in [4.69, 9.17) is 9.47 Å². The first-order valence-corrected chi connectivity index (χ1v) is 10.8. The summed E-state index contributed by atoms with van der Waals surface area (Å²) >= 11 is 0. The van der Waals surface area contributed by atoms with Crippen molar-refractivity contribution in [1.82, 2.24) is 9.80 Å². The van der Waals surface area contributed by atoms with Crippen molar-refractivity contribution in [3.8, 4) is 5.75 Å². The van der Waals surface area contributed by atoms with E-state index in [1.165, 1.54) is 11.1 Å². The van der Waals surface area contributed by atoms with Gasteiger partial charge >= 0.3 is 0 Å². The topological polar surface area (TPSA) is 59.1 Å². The highest BCUT2D eigenvalue weighted by atomic mass is 16.5. The van der Waals surface area contributed by atoms with E-state index < -0.39 is 17.4 Å². The second-order valence-corrected chi connectivity index (χ2v) is 8.78. The molecule has 0 aliphatic carbocycles. The molecular formula is C25H24N2O4. The number of hydrogen-bond donors (Lipinski definition) is 0. The fourth-order valence-electron chi connectivity index (χ4n) is 5.54. The van der Waals surface area contributed by atoms with Gasteiger partial charge in [-0.25, -0.2) is 0 Å². The van der Waals surface area contributed by atoms with Gasteiger partial charge in [0.15, 0.2) is 0 Å². The van der Waals surface area contributed by atoms with Gasteiger partial charge in [-0.05, 0) is 23.3 Å². The first-order chi connectivity index (χ1) is 15.1. The van der Waals surface area contributed by atoms with Crippen molar-refractivity contribution in [1.29, 1.82) is 0 Å². The summed E-state index contributed by atoms with van der Waals surface area (Å²) < 4.78 is 12.0. The molecule has 0 saturated carbocycles. The molecule has 2 bridgehead atoms. The van der Waals surface area contributed by atoms with E-state index in [9.17, 15) is 9.59 Å². The van der Waals surface area contributed by atoms with Crippen LogP contribution in [0.4, 0.5) is 0 Å². The SMILES string of the molecule is O=C([C@@H]1[C@@H]2C=C[C@@]3(CN(CCOc4ccccc4)C(=O)[C@@H]13)O2)N1Cc2ccccc2C1. The van der Waals surface area contributed by atoms with Gasteiger partial charge < -0.3 is 19.3 Å². The molecule has 0 aromatic heterocycles. The Morgan fingerprint density at radius 3 is 2.52 bits per heavy atom. The van der Waals surface area contributed by atoms with Crippen LogP contribution in [0.2, 0.25) is 0 Å². The van der Waals surface area contributed by atoms with Crippen LogP contribution in [0.3, 0.4) is 0 Å². The number of carbonyl (C=O) groups is 2. The molecule has 2 amide bonds. The predicted molar refractivity (Wildman–Crippen MR) is 113 cm³/mol. The zero-order valence-corrected chi connectivity index (χ0v) is 17.1. The van der Waals surface area contributed by atoms with Crippen LogP contribution in [0, 0.1) is 11.8 Å². The maximum atomic E-state index is 13.5. The average molecular weight is 416 g/mol. The van der Waals surface area contributed by atoms with E-state index >= 15 is 0 Å². The lowest BCUT2D eigenvalue weighted by atomic mass is 9.76. The average Bonchev–Trinajstić information content (AvgIpc) is 3.53. The predicted octanol–water partition coefficient (Wildman–Crippen LogP) is 2.39. The fourth-order valence-corrected chi connectivity index (χ4v) is 5.54. The van der Waals surface area contributed by atoms with Crippen molar-refractivity contribution in [3.63, 3.8) is 0 Å². The minimum Gasteiger partial charge on any atom is -0.492 e. The minimum atomic E-state index is -0.679.